The molecule has 1 aromatic carbocycles. The molecule has 0 radical (unpaired) electrons. The lowest BCUT2D eigenvalue weighted by molar-refractivity contribution is -0.153. The van der Waals surface area contributed by atoms with E-state index in [1.165, 1.54) is 0 Å². The van der Waals surface area contributed by atoms with Gasteiger partial charge in [-0.25, -0.2) is 9.78 Å². The number of carbonyl (C=O) groups is 4. The Balaban J connectivity index is 1.52. The molecule has 40 heavy (non-hydrogen) atoms. The van der Waals surface area contributed by atoms with Crippen molar-refractivity contribution in [2.24, 2.45) is 5.41 Å². The number of nitrogens with one attached hydrogen (secondary N) is 4. The molecule has 13 nitrogen and oxygen atoms in total. The second-order valence-electron chi connectivity index (χ2n) is 9.92. The molecular weight excluding hydrogens is 542 g/mol. The van der Waals surface area contributed by atoms with Gasteiger partial charge in [0.15, 0.2) is 11.2 Å². The number of carbonyl (C=O) groups excluding carboxylic acids is 4. The first-order chi connectivity index (χ1) is 19.0. The number of aromatic hydroxyl groups is 1. The first kappa shape index (κ1) is 27.0. The topological polar surface area (TPSA) is 198 Å². The van der Waals surface area contributed by atoms with Crippen molar-refractivity contribution < 1.29 is 29.0 Å². The highest BCUT2D eigenvalue weighted by Gasteiger charge is 2.63. The van der Waals surface area contributed by atoms with Gasteiger partial charge in [-0.1, -0.05) is 23.7 Å². The number of benzene rings is 1. The second-order valence-corrected chi connectivity index (χ2v) is 10.3. The third-order valence-electron chi connectivity index (χ3n) is 7.34. The molecule has 206 valence electrons. The van der Waals surface area contributed by atoms with Crippen LogP contribution in [0.1, 0.15) is 36.4 Å². The fourth-order valence-electron chi connectivity index (χ4n) is 5.63. The highest BCUT2D eigenvalue weighted by atomic mass is 35.5. The van der Waals surface area contributed by atoms with Crippen LogP contribution in [0.15, 0.2) is 24.3 Å². The van der Waals surface area contributed by atoms with E-state index in [-0.39, 0.29) is 42.0 Å². The number of nitriles is 1. The van der Waals surface area contributed by atoms with Crippen LogP contribution < -0.4 is 20.9 Å². The number of morpholine rings is 1. The van der Waals surface area contributed by atoms with Crippen molar-refractivity contribution in [2.45, 2.75) is 45.1 Å². The normalized spacial score (nSPS) is 22.9. The summed E-state index contributed by atoms with van der Waals surface area (Å²) in [6.07, 6.45) is -1.34. The van der Waals surface area contributed by atoms with E-state index in [4.69, 9.17) is 27.0 Å². The number of barbiturate groups is 1. The molecule has 2 aromatic rings. The zero-order valence-electron chi connectivity index (χ0n) is 21.4. The molecular formula is C26H24ClN7O6. The molecule has 3 aliphatic heterocycles. The highest BCUT2D eigenvalue weighted by Crippen LogP contribution is 2.50. The number of ether oxygens (including phenoxy) is 1. The molecule has 4 heterocycles. The molecule has 3 aliphatic rings. The van der Waals surface area contributed by atoms with Gasteiger partial charge in [-0.05, 0) is 31.5 Å². The van der Waals surface area contributed by atoms with E-state index in [0.717, 1.165) is 0 Å². The Morgan fingerprint density at radius 3 is 2.55 bits per heavy atom. The SMILES string of the molecule is CC1CN2c3c(nc(C(=N)C(=O)NCc4ccc(C#N)cc4)c(O)c3Cl)CC3(C(=O)NC(=O)NC3=O)C2C(C)O1. The minimum absolute atomic E-state index is 0.0368. The van der Waals surface area contributed by atoms with Crippen molar-refractivity contribution in [3.05, 3.63) is 51.8 Å². The number of fused-ring (bicyclic) bond motifs is 4. The van der Waals surface area contributed by atoms with Crippen LogP contribution >= 0.6 is 11.6 Å². The van der Waals surface area contributed by atoms with Gasteiger partial charge in [0.05, 0.1) is 41.3 Å². The van der Waals surface area contributed by atoms with E-state index < -0.39 is 58.5 Å². The van der Waals surface area contributed by atoms with Crippen molar-refractivity contribution >= 4 is 46.8 Å². The summed E-state index contributed by atoms with van der Waals surface area (Å²) in [4.78, 5) is 57.4. The van der Waals surface area contributed by atoms with E-state index in [1.54, 1.807) is 43.0 Å². The van der Waals surface area contributed by atoms with Gasteiger partial charge in [0, 0.05) is 19.5 Å². The predicted molar refractivity (Wildman–Crippen MR) is 140 cm³/mol. The predicted octanol–water partition coefficient (Wildman–Crippen LogP) is 0.887. The van der Waals surface area contributed by atoms with Crippen molar-refractivity contribution in [1.29, 1.82) is 10.7 Å². The first-order valence-electron chi connectivity index (χ1n) is 12.3. The van der Waals surface area contributed by atoms with Crippen LogP contribution in [0.5, 0.6) is 5.75 Å². The summed E-state index contributed by atoms with van der Waals surface area (Å²) < 4.78 is 5.95. The molecule has 5 rings (SSSR count). The van der Waals surface area contributed by atoms with Crippen LogP contribution in [0.2, 0.25) is 5.02 Å². The van der Waals surface area contributed by atoms with Gasteiger partial charge in [-0.3, -0.25) is 30.4 Å². The average molecular weight is 566 g/mol. The van der Waals surface area contributed by atoms with E-state index in [1.807, 2.05) is 6.07 Å². The number of aromatic nitrogens is 1. The van der Waals surface area contributed by atoms with Gasteiger partial charge in [-0.15, -0.1) is 0 Å². The summed E-state index contributed by atoms with van der Waals surface area (Å²) in [6, 6.07) is 6.63. The van der Waals surface area contributed by atoms with Gasteiger partial charge in [0.25, 0.3) is 5.91 Å². The zero-order valence-corrected chi connectivity index (χ0v) is 22.1. The van der Waals surface area contributed by atoms with E-state index in [9.17, 15) is 24.3 Å². The molecule has 3 atom stereocenters. The fourth-order valence-corrected chi connectivity index (χ4v) is 5.94. The summed E-state index contributed by atoms with van der Waals surface area (Å²) in [5.74, 6) is -3.14. The lowest BCUT2D eigenvalue weighted by Crippen LogP contribution is -2.75. The number of hydrogen-bond donors (Lipinski definition) is 5. The second kappa shape index (κ2) is 9.89. The fraction of sp³-hybridized carbons (Fsp3) is 0.346. The van der Waals surface area contributed by atoms with Crippen molar-refractivity contribution in [2.75, 3.05) is 11.4 Å². The number of nitrogens with zero attached hydrogens (tertiary/aromatic N) is 3. The van der Waals surface area contributed by atoms with Crippen LogP contribution in [0.25, 0.3) is 0 Å². The molecule has 1 spiro atoms. The van der Waals surface area contributed by atoms with Crippen molar-refractivity contribution in [3.63, 3.8) is 0 Å². The number of anilines is 1. The Morgan fingerprint density at radius 2 is 1.93 bits per heavy atom. The molecule has 0 bridgehead atoms. The largest absolute Gasteiger partial charge is 0.504 e. The molecule has 2 saturated heterocycles. The molecule has 14 heteroatoms. The number of pyridine rings is 1. The highest BCUT2D eigenvalue weighted by molar-refractivity contribution is 6.45. The Morgan fingerprint density at radius 1 is 1.27 bits per heavy atom. The van der Waals surface area contributed by atoms with E-state index in [2.05, 4.69) is 20.9 Å². The van der Waals surface area contributed by atoms with Crippen molar-refractivity contribution in [3.8, 4) is 11.8 Å². The standard InChI is InChI=1S/C26H24ClN7O6/c1-11-10-34-19-15(7-26(21(34)12(2)40-11)23(37)32-25(39)33-24(26)38)31-18(20(35)16(19)27)17(29)22(36)30-9-14-5-3-13(8-28)4-6-14/h3-6,11-12,21,29,35H,7,9-10H2,1-2H3,(H,30,36)(H2,32,33,37,38,39). The first-order valence-corrected chi connectivity index (χ1v) is 12.7. The minimum atomic E-state index is -1.84. The molecule has 5 N–H and O–H groups in total. The minimum Gasteiger partial charge on any atom is -0.504 e. The maximum absolute atomic E-state index is 13.3. The summed E-state index contributed by atoms with van der Waals surface area (Å²) in [7, 11) is 0. The lowest BCUT2D eigenvalue weighted by atomic mass is 9.67. The quantitative estimate of drug-likeness (QED) is 0.264. The van der Waals surface area contributed by atoms with Gasteiger partial charge < -0.3 is 20.1 Å². The average Bonchev–Trinajstić information content (AvgIpc) is 2.91. The summed E-state index contributed by atoms with van der Waals surface area (Å²) in [5, 5.41) is 35.0. The Kier molecular flexibility index (Phi) is 6.69. The van der Waals surface area contributed by atoms with Gasteiger partial charge in [-0.2, -0.15) is 5.26 Å². The maximum Gasteiger partial charge on any atom is 0.328 e. The number of amides is 5. The van der Waals surface area contributed by atoms with Crippen LogP contribution in [-0.2, 0) is 32.1 Å². The molecule has 0 aliphatic carbocycles. The number of hydrogen-bond acceptors (Lipinski definition) is 10. The number of rotatable bonds is 4. The zero-order chi connectivity index (χ0) is 28.9. The number of halogens is 1. The molecule has 0 saturated carbocycles. The van der Waals surface area contributed by atoms with Crippen LogP contribution in [0, 0.1) is 22.2 Å². The van der Waals surface area contributed by atoms with Crippen molar-refractivity contribution in [1.82, 2.24) is 20.9 Å². The van der Waals surface area contributed by atoms with E-state index in [0.29, 0.717) is 11.1 Å². The molecule has 2 fully saturated rings. The number of imide groups is 2. The Labute approximate surface area is 233 Å². The van der Waals surface area contributed by atoms with Crippen LogP contribution in [0.3, 0.4) is 0 Å². The molecule has 5 amide bonds. The lowest BCUT2D eigenvalue weighted by Gasteiger charge is -2.55. The Bertz CT molecular complexity index is 1500. The van der Waals surface area contributed by atoms with E-state index >= 15 is 0 Å². The van der Waals surface area contributed by atoms with Gasteiger partial charge >= 0.3 is 6.03 Å². The third-order valence-corrected chi connectivity index (χ3v) is 7.70. The third kappa shape index (κ3) is 4.21. The summed E-state index contributed by atoms with van der Waals surface area (Å²) in [5.41, 5.74) is -1.49. The summed E-state index contributed by atoms with van der Waals surface area (Å²) >= 11 is 6.62. The van der Waals surface area contributed by atoms with Gasteiger partial charge in [0.1, 0.15) is 16.4 Å². The van der Waals surface area contributed by atoms with Crippen LogP contribution in [-0.4, -0.2) is 64.3 Å². The smallest absolute Gasteiger partial charge is 0.328 e. The molecule has 1 aromatic heterocycles. The molecule has 3 unspecified atom stereocenters. The van der Waals surface area contributed by atoms with Crippen LogP contribution in [0.4, 0.5) is 10.5 Å². The maximum atomic E-state index is 13.3. The van der Waals surface area contributed by atoms with Gasteiger partial charge in [0.2, 0.25) is 11.8 Å². The number of urea groups is 1. The monoisotopic (exact) mass is 565 g/mol. The Hall–Kier alpha value is -4.54. The summed E-state index contributed by atoms with van der Waals surface area (Å²) in [6.45, 7) is 3.71.